The quantitative estimate of drug-likeness (QED) is 0.656. The molecule has 7 heteroatoms. The van der Waals surface area contributed by atoms with Crippen LogP contribution < -0.4 is 0 Å². The van der Waals surface area contributed by atoms with Crippen molar-refractivity contribution < 1.29 is 17.8 Å². The van der Waals surface area contributed by atoms with Crippen molar-refractivity contribution in [2.45, 2.75) is 25.7 Å². The Labute approximate surface area is 102 Å². The van der Waals surface area contributed by atoms with Crippen LogP contribution in [-0.2, 0) is 10.1 Å². The van der Waals surface area contributed by atoms with Crippen molar-refractivity contribution in [3.63, 3.8) is 0 Å². The number of carbonyl (C=O) groups excluding carboxylic acids is 1. The van der Waals surface area contributed by atoms with E-state index in [1.165, 1.54) is 25.7 Å². The summed E-state index contributed by atoms with van der Waals surface area (Å²) >= 11 is 0. The second kappa shape index (κ2) is 6.20. The van der Waals surface area contributed by atoms with Gasteiger partial charge < -0.3 is 9.80 Å². The average molecular weight is 264 g/mol. The van der Waals surface area contributed by atoms with Gasteiger partial charge in [-0.15, -0.1) is 0 Å². The van der Waals surface area contributed by atoms with Gasteiger partial charge >= 0.3 is 6.03 Å². The molecule has 17 heavy (non-hydrogen) atoms. The Morgan fingerprint density at radius 3 is 1.41 bits per heavy atom. The topological polar surface area (TPSA) is 77.9 Å². The first-order chi connectivity index (χ1) is 7.88. The molecule has 6 nitrogen and oxygen atoms in total. The summed E-state index contributed by atoms with van der Waals surface area (Å²) in [6, 6.07) is 0.282. The number of amides is 2. The molecular formula is C10H20N2O4S. The van der Waals surface area contributed by atoms with E-state index in [2.05, 4.69) is 0 Å². The number of rotatable bonds is 0. The third kappa shape index (κ3) is 5.88. The molecule has 2 aliphatic rings. The maximum Gasteiger partial charge on any atom is 0.319 e. The van der Waals surface area contributed by atoms with E-state index in [-0.39, 0.29) is 6.03 Å². The maximum atomic E-state index is 11.7. The van der Waals surface area contributed by atoms with Crippen molar-refractivity contribution in [1.82, 2.24) is 9.80 Å². The molecule has 2 rings (SSSR count). The molecule has 2 saturated heterocycles. The number of likely N-dealkylation sites (tertiary alicyclic amines) is 2. The Bertz CT molecular complexity index is 317. The second-order valence-electron chi connectivity index (χ2n) is 4.40. The van der Waals surface area contributed by atoms with Crippen molar-refractivity contribution in [2.75, 3.05) is 32.4 Å². The predicted octanol–water partition coefficient (Wildman–Crippen LogP) is 0.802. The van der Waals surface area contributed by atoms with E-state index < -0.39 is 10.1 Å². The lowest BCUT2D eigenvalue weighted by molar-refractivity contribution is 0.173. The lowest BCUT2D eigenvalue weighted by Crippen LogP contribution is -2.39. The highest BCUT2D eigenvalue weighted by Gasteiger charge is 2.25. The van der Waals surface area contributed by atoms with E-state index >= 15 is 0 Å². The highest BCUT2D eigenvalue weighted by molar-refractivity contribution is 7.85. The summed E-state index contributed by atoms with van der Waals surface area (Å²) in [5, 5.41) is 0. The van der Waals surface area contributed by atoms with Crippen molar-refractivity contribution in [3.05, 3.63) is 0 Å². The van der Waals surface area contributed by atoms with Crippen LogP contribution in [0.5, 0.6) is 0 Å². The Balaban J connectivity index is 0.000000249. The highest BCUT2D eigenvalue weighted by atomic mass is 32.2. The molecule has 1 N–H and O–H groups in total. The van der Waals surface area contributed by atoms with Crippen LogP contribution in [0.3, 0.4) is 0 Å². The van der Waals surface area contributed by atoms with Gasteiger partial charge in [0.1, 0.15) is 0 Å². The first kappa shape index (κ1) is 14.2. The van der Waals surface area contributed by atoms with Gasteiger partial charge in [0.2, 0.25) is 0 Å². The molecule has 2 fully saturated rings. The van der Waals surface area contributed by atoms with Gasteiger partial charge in [-0.3, -0.25) is 4.55 Å². The standard InChI is InChI=1S/C9H16N2O.CH4O3S/c12-9(10-5-1-2-6-10)11-7-3-4-8-11;1-5(2,3)4/h1-8H2;1H3,(H,2,3,4). The van der Waals surface area contributed by atoms with Crippen LogP contribution in [0.15, 0.2) is 0 Å². The van der Waals surface area contributed by atoms with Gasteiger partial charge in [-0.2, -0.15) is 8.42 Å². The lowest BCUT2D eigenvalue weighted by atomic mass is 10.4. The summed E-state index contributed by atoms with van der Waals surface area (Å²) in [6.07, 6.45) is 5.49. The van der Waals surface area contributed by atoms with Crippen LogP contribution in [0.25, 0.3) is 0 Å². The molecule has 2 amide bonds. The van der Waals surface area contributed by atoms with Crippen molar-refractivity contribution in [1.29, 1.82) is 0 Å². The normalized spacial score (nSPS) is 20.1. The van der Waals surface area contributed by atoms with Gasteiger partial charge in [0, 0.05) is 26.2 Å². The second-order valence-corrected chi connectivity index (χ2v) is 5.87. The van der Waals surface area contributed by atoms with Crippen LogP contribution in [0, 0.1) is 0 Å². The van der Waals surface area contributed by atoms with E-state index in [9.17, 15) is 13.2 Å². The number of urea groups is 1. The molecule has 0 radical (unpaired) electrons. The summed E-state index contributed by atoms with van der Waals surface area (Å²) in [4.78, 5) is 15.7. The fourth-order valence-electron chi connectivity index (χ4n) is 2.02. The predicted molar refractivity (Wildman–Crippen MR) is 64.5 cm³/mol. The Morgan fingerprint density at radius 2 is 1.18 bits per heavy atom. The number of carbonyl (C=O) groups is 1. The monoisotopic (exact) mass is 264 g/mol. The number of nitrogens with zero attached hydrogens (tertiary/aromatic N) is 2. The zero-order chi connectivity index (χ0) is 12.9. The van der Waals surface area contributed by atoms with E-state index in [1.54, 1.807) is 0 Å². The van der Waals surface area contributed by atoms with Crippen LogP contribution in [-0.4, -0.2) is 61.2 Å². The molecule has 2 heterocycles. The van der Waals surface area contributed by atoms with Crippen molar-refractivity contribution >= 4 is 16.1 Å². The average Bonchev–Trinajstić information content (AvgIpc) is 2.88. The molecule has 100 valence electrons. The summed E-state index contributed by atoms with van der Waals surface area (Å²) in [5.41, 5.74) is 0. The zero-order valence-corrected chi connectivity index (χ0v) is 10.9. The maximum absolute atomic E-state index is 11.7. The smallest absolute Gasteiger partial charge is 0.319 e. The van der Waals surface area contributed by atoms with Gasteiger partial charge in [-0.25, -0.2) is 4.79 Å². The van der Waals surface area contributed by atoms with E-state index in [0.717, 1.165) is 26.2 Å². The minimum absolute atomic E-state index is 0.282. The SMILES string of the molecule is CS(=O)(=O)O.O=C(N1CCCC1)N1CCCC1. The van der Waals surface area contributed by atoms with Crippen LogP contribution in [0.4, 0.5) is 4.79 Å². The minimum atomic E-state index is -3.67. The molecule has 0 unspecified atom stereocenters. The largest absolute Gasteiger partial charge is 0.325 e. The van der Waals surface area contributed by atoms with Gasteiger partial charge in [0.15, 0.2) is 0 Å². The summed E-state index contributed by atoms with van der Waals surface area (Å²) < 4.78 is 25.9. The van der Waals surface area contributed by atoms with Crippen LogP contribution in [0.2, 0.25) is 0 Å². The molecule has 2 aliphatic heterocycles. The third-order valence-corrected chi connectivity index (χ3v) is 2.75. The third-order valence-electron chi connectivity index (χ3n) is 2.75. The summed E-state index contributed by atoms with van der Waals surface area (Å²) in [6.45, 7) is 3.93. The van der Waals surface area contributed by atoms with Gasteiger partial charge in [-0.1, -0.05) is 0 Å². The van der Waals surface area contributed by atoms with Crippen molar-refractivity contribution in [2.24, 2.45) is 0 Å². The molecule has 0 aromatic heterocycles. The summed E-state index contributed by atoms with van der Waals surface area (Å²) in [7, 11) is -3.67. The number of hydrogen-bond acceptors (Lipinski definition) is 3. The molecule has 0 aromatic rings. The zero-order valence-electron chi connectivity index (χ0n) is 10.1. The van der Waals surface area contributed by atoms with Crippen molar-refractivity contribution in [3.8, 4) is 0 Å². The number of hydrogen-bond donors (Lipinski definition) is 1. The van der Waals surface area contributed by atoms with Gasteiger partial charge in [0.05, 0.1) is 6.26 Å². The molecule has 0 atom stereocenters. The molecule has 0 spiro atoms. The molecule has 0 aromatic carbocycles. The first-order valence-electron chi connectivity index (χ1n) is 5.84. The van der Waals surface area contributed by atoms with E-state index in [1.807, 2.05) is 9.80 Å². The molecule has 0 bridgehead atoms. The Morgan fingerprint density at radius 1 is 0.941 bits per heavy atom. The molecule has 0 saturated carbocycles. The van der Waals surface area contributed by atoms with Crippen LogP contribution in [0.1, 0.15) is 25.7 Å². The minimum Gasteiger partial charge on any atom is -0.325 e. The fourth-order valence-corrected chi connectivity index (χ4v) is 2.02. The van der Waals surface area contributed by atoms with E-state index in [0.29, 0.717) is 6.26 Å². The summed E-state index contributed by atoms with van der Waals surface area (Å²) in [5.74, 6) is 0. The highest BCUT2D eigenvalue weighted by Crippen LogP contribution is 2.14. The first-order valence-corrected chi connectivity index (χ1v) is 7.69. The van der Waals surface area contributed by atoms with Gasteiger partial charge in [0.25, 0.3) is 10.1 Å². The lowest BCUT2D eigenvalue weighted by Gasteiger charge is -2.23. The van der Waals surface area contributed by atoms with Gasteiger partial charge in [-0.05, 0) is 25.7 Å². The van der Waals surface area contributed by atoms with E-state index in [4.69, 9.17) is 4.55 Å². The molecule has 0 aliphatic carbocycles. The van der Waals surface area contributed by atoms with Crippen LogP contribution >= 0.6 is 0 Å². The molecular weight excluding hydrogens is 244 g/mol. The fraction of sp³-hybridized carbons (Fsp3) is 0.900. The Hall–Kier alpha value is -0.820. The Kier molecular flexibility index (Phi) is 5.20.